The fourth-order valence-electron chi connectivity index (χ4n) is 3.36. The van der Waals surface area contributed by atoms with Gasteiger partial charge in [0.1, 0.15) is 5.69 Å². The number of aromatic nitrogens is 2. The smallest absolute Gasteiger partial charge is 0.103 e. The van der Waals surface area contributed by atoms with E-state index in [4.69, 9.17) is 10.8 Å². The minimum atomic E-state index is 0. The molecule has 0 saturated carbocycles. The molecule has 4 rings (SSSR count). The van der Waals surface area contributed by atoms with Crippen molar-refractivity contribution in [3.05, 3.63) is 36.4 Å². The lowest BCUT2D eigenvalue weighted by Gasteiger charge is -2.18. The van der Waals surface area contributed by atoms with Crippen LogP contribution >= 0.6 is 36.6 Å². The van der Waals surface area contributed by atoms with E-state index in [1.54, 1.807) is 11.8 Å². The molecule has 140 valence electrons. The van der Waals surface area contributed by atoms with Crippen molar-refractivity contribution in [2.45, 2.75) is 30.2 Å². The van der Waals surface area contributed by atoms with Crippen LogP contribution in [0.5, 0.6) is 0 Å². The summed E-state index contributed by atoms with van der Waals surface area (Å²) in [7, 11) is 0. The average molecular weight is 411 g/mol. The monoisotopic (exact) mass is 410 g/mol. The number of hydrogen-bond donors (Lipinski definition) is 1. The molecule has 3 aromatic rings. The second-order valence-corrected chi connectivity index (χ2v) is 7.13. The largest absolute Gasteiger partial charge is 0.398 e. The van der Waals surface area contributed by atoms with Gasteiger partial charge < -0.3 is 10.6 Å². The lowest BCUT2D eigenvalue weighted by atomic mass is 10.1. The number of halogens is 2. The lowest BCUT2D eigenvalue weighted by Crippen LogP contribution is -2.27. The van der Waals surface area contributed by atoms with Gasteiger partial charge in [-0.1, -0.05) is 43.8 Å². The summed E-state index contributed by atoms with van der Waals surface area (Å²) < 4.78 is 2.15. The Morgan fingerprint density at radius 3 is 2.54 bits per heavy atom. The molecule has 0 fully saturated rings. The van der Waals surface area contributed by atoms with Crippen LogP contribution in [-0.2, 0) is 6.54 Å². The molecule has 26 heavy (non-hydrogen) atoms. The number of benzene rings is 2. The van der Waals surface area contributed by atoms with E-state index in [-0.39, 0.29) is 24.8 Å². The zero-order valence-electron chi connectivity index (χ0n) is 14.9. The molecule has 1 aliphatic heterocycles. The maximum Gasteiger partial charge on any atom is 0.103 e. The molecule has 1 aliphatic rings. The second-order valence-electron chi connectivity index (χ2n) is 6.07. The summed E-state index contributed by atoms with van der Waals surface area (Å²) >= 11 is 1.76. The molecule has 2 heterocycles. The van der Waals surface area contributed by atoms with Gasteiger partial charge in [0.25, 0.3) is 0 Å². The van der Waals surface area contributed by atoms with E-state index >= 15 is 0 Å². The summed E-state index contributed by atoms with van der Waals surface area (Å²) in [6, 6.07) is 12.6. The van der Waals surface area contributed by atoms with Gasteiger partial charge in [0, 0.05) is 33.0 Å². The highest BCUT2D eigenvalue weighted by atomic mass is 35.5. The molecule has 2 N–H and O–H groups in total. The number of rotatable bonds is 5. The van der Waals surface area contributed by atoms with E-state index < -0.39 is 0 Å². The second kappa shape index (κ2) is 8.53. The van der Waals surface area contributed by atoms with Crippen molar-refractivity contribution in [1.82, 2.24) is 14.7 Å². The Hall–Kier alpha value is -1.40. The number of nitrogens with two attached hydrogens (primary N) is 1. The molecule has 0 spiro atoms. The number of nitrogens with zero attached hydrogens (tertiary/aromatic N) is 3. The van der Waals surface area contributed by atoms with Gasteiger partial charge in [-0.05, 0) is 31.3 Å². The molecule has 2 aromatic carbocycles. The first-order valence-corrected chi connectivity index (χ1v) is 9.33. The van der Waals surface area contributed by atoms with Crippen LogP contribution in [0, 0.1) is 0 Å². The number of likely N-dealkylation sites (N-methyl/N-ethyl adjacent to an activating group) is 1. The fourth-order valence-corrected chi connectivity index (χ4v) is 4.49. The molecule has 0 radical (unpaired) electrons. The van der Waals surface area contributed by atoms with Gasteiger partial charge in [-0.3, -0.25) is 4.68 Å². The van der Waals surface area contributed by atoms with Crippen LogP contribution < -0.4 is 5.73 Å². The van der Waals surface area contributed by atoms with Gasteiger partial charge in [-0.25, -0.2) is 0 Å². The van der Waals surface area contributed by atoms with Gasteiger partial charge >= 0.3 is 0 Å². The molecule has 0 aliphatic carbocycles. The van der Waals surface area contributed by atoms with Crippen molar-refractivity contribution >= 4 is 53.2 Å². The summed E-state index contributed by atoms with van der Waals surface area (Å²) in [5, 5.41) is 6.17. The van der Waals surface area contributed by atoms with Crippen molar-refractivity contribution in [3.63, 3.8) is 0 Å². The molecule has 0 atom stereocenters. The van der Waals surface area contributed by atoms with E-state index in [1.165, 1.54) is 21.4 Å². The Labute approximate surface area is 170 Å². The predicted molar refractivity (Wildman–Crippen MR) is 116 cm³/mol. The number of hydrogen-bond acceptors (Lipinski definition) is 4. The average Bonchev–Trinajstić information content (AvgIpc) is 2.99. The van der Waals surface area contributed by atoms with Crippen molar-refractivity contribution in [1.29, 1.82) is 0 Å². The SMILES string of the molecule is CCN(CC)CCn1nc2c3c(c(N)ccc31)Sc1ccccc1-2.Cl.Cl. The third kappa shape index (κ3) is 3.41. The van der Waals surface area contributed by atoms with Gasteiger partial charge in [0.05, 0.1) is 12.1 Å². The van der Waals surface area contributed by atoms with Crippen molar-refractivity contribution < 1.29 is 0 Å². The third-order valence-electron chi connectivity index (χ3n) is 4.78. The quantitative estimate of drug-likeness (QED) is 0.473. The van der Waals surface area contributed by atoms with E-state index in [0.717, 1.165) is 42.5 Å². The standard InChI is InChI=1S/C19H22N4S.2ClH/c1-3-22(4-2)11-12-23-15-10-9-14(20)19-17(15)18(21-23)13-7-5-6-8-16(13)24-19;;/h5-10H,3-4,11-12,20H2,1-2H3;2*1H. The lowest BCUT2D eigenvalue weighted by molar-refractivity contribution is 0.287. The number of anilines is 1. The van der Waals surface area contributed by atoms with Crippen LogP contribution in [0.3, 0.4) is 0 Å². The first-order valence-electron chi connectivity index (χ1n) is 8.51. The zero-order valence-corrected chi connectivity index (χ0v) is 17.4. The minimum Gasteiger partial charge on any atom is -0.398 e. The predicted octanol–water partition coefficient (Wildman–Crippen LogP) is 4.94. The summed E-state index contributed by atoms with van der Waals surface area (Å²) in [4.78, 5) is 4.81. The summed E-state index contributed by atoms with van der Waals surface area (Å²) in [6.07, 6.45) is 0. The molecule has 0 bridgehead atoms. The van der Waals surface area contributed by atoms with Gasteiger partial charge in [0.15, 0.2) is 0 Å². The summed E-state index contributed by atoms with van der Waals surface area (Å²) in [5.74, 6) is 0. The Kier molecular flexibility index (Phi) is 6.86. The van der Waals surface area contributed by atoms with Crippen LogP contribution in [0.15, 0.2) is 46.2 Å². The van der Waals surface area contributed by atoms with E-state index in [0.29, 0.717) is 0 Å². The Morgan fingerprint density at radius 2 is 1.81 bits per heavy atom. The highest BCUT2D eigenvalue weighted by Crippen LogP contribution is 2.49. The Bertz CT molecular complexity index is 906. The molecule has 0 amide bonds. The maximum atomic E-state index is 6.27. The van der Waals surface area contributed by atoms with Crippen molar-refractivity contribution in [2.24, 2.45) is 0 Å². The molecule has 1 aromatic heterocycles. The number of nitrogen functional groups attached to an aromatic ring is 1. The van der Waals surface area contributed by atoms with Crippen LogP contribution in [0.25, 0.3) is 22.2 Å². The molecular weight excluding hydrogens is 387 g/mol. The van der Waals surface area contributed by atoms with Crippen LogP contribution in [0.4, 0.5) is 5.69 Å². The van der Waals surface area contributed by atoms with Crippen molar-refractivity contribution in [2.75, 3.05) is 25.4 Å². The van der Waals surface area contributed by atoms with E-state index in [9.17, 15) is 0 Å². The molecule has 0 unspecified atom stereocenters. The fraction of sp³-hybridized carbons (Fsp3) is 0.316. The third-order valence-corrected chi connectivity index (χ3v) is 6.00. The van der Waals surface area contributed by atoms with Gasteiger partial charge in [-0.15, -0.1) is 24.8 Å². The molecule has 4 nitrogen and oxygen atoms in total. The highest BCUT2D eigenvalue weighted by molar-refractivity contribution is 8.00. The maximum absolute atomic E-state index is 6.27. The van der Waals surface area contributed by atoms with Crippen LogP contribution in [-0.4, -0.2) is 34.3 Å². The zero-order chi connectivity index (χ0) is 16.7. The molecular formula is C19H24Cl2N4S. The molecule has 0 saturated heterocycles. The summed E-state index contributed by atoms with van der Waals surface area (Å²) in [5.41, 5.74) is 10.6. The first kappa shape index (κ1) is 20.9. The minimum absolute atomic E-state index is 0. The van der Waals surface area contributed by atoms with E-state index in [1.807, 2.05) is 6.07 Å². The molecule has 7 heteroatoms. The Morgan fingerprint density at radius 1 is 1.08 bits per heavy atom. The highest BCUT2D eigenvalue weighted by Gasteiger charge is 2.25. The normalized spacial score (nSPS) is 11.8. The first-order chi connectivity index (χ1) is 11.7. The van der Waals surface area contributed by atoms with Crippen molar-refractivity contribution in [3.8, 4) is 11.3 Å². The van der Waals surface area contributed by atoms with Crippen LogP contribution in [0.1, 0.15) is 13.8 Å². The van der Waals surface area contributed by atoms with Gasteiger partial charge in [0.2, 0.25) is 0 Å². The number of fused-ring (bicyclic) bond motifs is 2. The van der Waals surface area contributed by atoms with E-state index in [2.05, 4.69) is 53.8 Å². The Balaban J connectivity index is 0.00000121. The van der Waals surface area contributed by atoms with Gasteiger partial charge in [-0.2, -0.15) is 5.10 Å². The van der Waals surface area contributed by atoms with Crippen LogP contribution in [0.2, 0.25) is 0 Å². The topological polar surface area (TPSA) is 47.1 Å². The summed E-state index contributed by atoms with van der Waals surface area (Å²) in [6.45, 7) is 8.46.